The van der Waals surface area contributed by atoms with Crippen molar-refractivity contribution in [2.24, 2.45) is 0 Å². The second kappa shape index (κ2) is 10.3. The van der Waals surface area contributed by atoms with Crippen LogP contribution in [0.1, 0.15) is 46.7 Å². The Morgan fingerprint density at radius 1 is 1.13 bits per heavy atom. The van der Waals surface area contributed by atoms with E-state index in [1.54, 1.807) is 53.1 Å². The molecule has 0 atom stereocenters. The molecule has 0 saturated heterocycles. The van der Waals surface area contributed by atoms with E-state index in [1.807, 2.05) is 16.8 Å². The zero-order valence-electron chi connectivity index (χ0n) is 22.5. The lowest BCUT2D eigenvalue weighted by molar-refractivity contribution is 0.0518. The van der Waals surface area contributed by atoms with Crippen molar-refractivity contribution < 1.29 is 19.7 Å². The Labute approximate surface area is 224 Å². The van der Waals surface area contributed by atoms with E-state index < -0.39 is 28.9 Å². The van der Waals surface area contributed by atoms with Gasteiger partial charge in [-0.05, 0) is 59.1 Å². The van der Waals surface area contributed by atoms with E-state index in [9.17, 15) is 19.8 Å². The van der Waals surface area contributed by atoms with Crippen molar-refractivity contribution in [1.29, 1.82) is 0 Å². The number of anilines is 1. The number of hydrogen-bond donors (Lipinski definition) is 3. The van der Waals surface area contributed by atoms with Gasteiger partial charge in [0.25, 0.3) is 0 Å². The van der Waals surface area contributed by atoms with E-state index in [2.05, 4.69) is 26.8 Å². The highest BCUT2D eigenvalue weighted by molar-refractivity contribution is 5.95. The molecule has 0 amide bonds. The van der Waals surface area contributed by atoms with Crippen molar-refractivity contribution in [3.63, 3.8) is 0 Å². The summed E-state index contributed by atoms with van der Waals surface area (Å²) in [6, 6.07) is 3.57. The number of nitrogen functional groups attached to an aromatic ring is 1. The third-order valence-corrected chi connectivity index (χ3v) is 5.53. The summed E-state index contributed by atoms with van der Waals surface area (Å²) in [5, 5.41) is 21.0. The number of aromatic hydroxyl groups is 1. The number of rotatable bonds is 5. The highest BCUT2D eigenvalue weighted by atomic mass is 16.6. The first kappa shape index (κ1) is 27.4. The molecule has 0 fully saturated rings. The number of fused-ring (bicyclic) bond motifs is 1. The molecular formula is C27H31N7O5. The van der Waals surface area contributed by atoms with Crippen LogP contribution in [0.25, 0.3) is 22.2 Å². The van der Waals surface area contributed by atoms with Crippen molar-refractivity contribution in [3.05, 3.63) is 53.1 Å². The molecule has 0 bridgehead atoms. The molecule has 0 saturated carbocycles. The fourth-order valence-corrected chi connectivity index (χ4v) is 3.92. The van der Waals surface area contributed by atoms with Crippen LogP contribution in [-0.2, 0) is 17.8 Å². The van der Waals surface area contributed by atoms with Crippen molar-refractivity contribution in [1.82, 2.24) is 28.7 Å². The van der Waals surface area contributed by atoms with Gasteiger partial charge in [-0.2, -0.15) is 4.57 Å². The topological polar surface area (TPSA) is 163 Å². The maximum absolute atomic E-state index is 12.8. The van der Waals surface area contributed by atoms with Gasteiger partial charge in [-0.3, -0.25) is 4.57 Å². The summed E-state index contributed by atoms with van der Waals surface area (Å²) in [6.45, 7) is 8.93. The van der Waals surface area contributed by atoms with Crippen molar-refractivity contribution >= 4 is 22.9 Å². The van der Waals surface area contributed by atoms with Crippen LogP contribution in [0.15, 0.2) is 41.7 Å². The molecule has 0 aliphatic rings. The molecule has 4 N–H and O–H groups in total. The predicted octanol–water partition coefficient (Wildman–Crippen LogP) is 2.74. The molecule has 0 aliphatic heterocycles. The van der Waals surface area contributed by atoms with Crippen molar-refractivity contribution in [2.45, 2.75) is 65.3 Å². The number of hydrogen-bond acceptors (Lipinski definition) is 9. The van der Waals surface area contributed by atoms with Crippen LogP contribution in [0.4, 0.5) is 10.7 Å². The molecule has 4 rings (SSSR count). The van der Waals surface area contributed by atoms with Gasteiger partial charge in [0.1, 0.15) is 16.9 Å². The number of aromatic nitrogens is 6. The molecule has 0 aromatic carbocycles. The Balaban J connectivity index is 1.63. The number of imidazole rings is 1. The van der Waals surface area contributed by atoms with Gasteiger partial charge >= 0.3 is 11.8 Å². The second-order valence-corrected chi connectivity index (χ2v) is 10.6. The number of carbonyl (C=O) groups excluding carboxylic acids is 1. The summed E-state index contributed by atoms with van der Waals surface area (Å²) in [5.41, 5.74) is 5.85. The van der Waals surface area contributed by atoms with E-state index in [0.717, 1.165) is 16.5 Å². The van der Waals surface area contributed by atoms with Gasteiger partial charge in [-0.15, -0.1) is 0 Å². The summed E-state index contributed by atoms with van der Waals surface area (Å²) in [7, 11) is 0. The average molecular weight is 534 g/mol. The normalized spacial score (nSPS) is 11.8. The van der Waals surface area contributed by atoms with Gasteiger partial charge in [0.2, 0.25) is 11.8 Å². The molecule has 12 nitrogen and oxygen atoms in total. The Kier molecular flexibility index (Phi) is 7.21. The molecule has 0 radical (unpaired) electrons. The van der Waals surface area contributed by atoms with Crippen LogP contribution in [0.3, 0.4) is 0 Å². The van der Waals surface area contributed by atoms with Crippen LogP contribution in [0.2, 0.25) is 0 Å². The third kappa shape index (κ3) is 6.45. The quantitative estimate of drug-likeness (QED) is 0.327. The van der Waals surface area contributed by atoms with Gasteiger partial charge in [-0.25, -0.2) is 24.5 Å². The summed E-state index contributed by atoms with van der Waals surface area (Å²) >= 11 is 0. The largest absolute Gasteiger partial charge is 0.493 e. The maximum Gasteiger partial charge on any atom is 0.425 e. The van der Waals surface area contributed by atoms with Gasteiger partial charge in [-0.1, -0.05) is 5.92 Å². The highest BCUT2D eigenvalue weighted by Gasteiger charge is 2.23. The zero-order valence-corrected chi connectivity index (χ0v) is 22.5. The molecular weight excluding hydrogens is 502 g/mol. The molecule has 4 heterocycles. The van der Waals surface area contributed by atoms with E-state index in [1.165, 1.54) is 10.8 Å². The maximum atomic E-state index is 12.8. The number of aliphatic hydroxyl groups is 1. The van der Waals surface area contributed by atoms with E-state index >= 15 is 0 Å². The van der Waals surface area contributed by atoms with Gasteiger partial charge < -0.3 is 25.3 Å². The molecule has 0 aliphatic carbocycles. The number of ether oxygens (including phenoxy) is 1. The van der Waals surface area contributed by atoms with Crippen molar-refractivity contribution in [3.8, 4) is 29.0 Å². The Morgan fingerprint density at radius 2 is 1.85 bits per heavy atom. The molecule has 204 valence electrons. The Morgan fingerprint density at radius 3 is 2.51 bits per heavy atom. The Hall–Kier alpha value is -4.63. The first-order valence-corrected chi connectivity index (χ1v) is 12.3. The SMILES string of the molecule is CC(C)(O)C#Cc1cc2c(-c3ccnc(N)n3)cn(CCCn3cc(O)n(C(=O)OC(C)(C)C)c3=O)c2cn1. The van der Waals surface area contributed by atoms with Gasteiger partial charge in [0.15, 0.2) is 0 Å². The minimum absolute atomic E-state index is 0.137. The fourth-order valence-electron chi connectivity index (χ4n) is 3.92. The minimum Gasteiger partial charge on any atom is -0.493 e. The lowest BCUT2D eigenvalue weighted by atomic mass is 10.1. The predicted molar refractivity (Wildman–Crippen MR) is 145 cm³/mol. The van der Waals surface area contributed by atoms with E-state index in [-0.39, 0.29) is 12.5 Å². The smallest absolute Gasteiger partial charge is 0.425 e. The summed E-state index contributed by atoms with van der Waals surface area (Å²) in [5.74, 6) is 5.31. The molecule has 0 unspecified atom stereocenters. The Bertz CT molecular complexity index is 1660. The lowest BCUT2D eigenvalue weighted by Gasteiger charge is -2.19. The minimum atomic E-state index is -1.17. The van der Waals surface area contributed by atoms with Gasteiger partial charge in [0, 0.05) is 36.4 Å². The molecule has 0 spiro atoms. The van der Waals surface area contributed by atoms with Crippen LogP contribution in [-0.4, -0.2) is 56.2 Å². The molecule has 12 heteroatoms. The highest BCUT2D eigenvalue weighted by Crippen LogP contribution is 2.30. The number of nitrogens with zero attached hydrogens (tertiary/aromatic N) is 6. The first-order chi connectivity index (χ1) is 18.2. The monoisotopic (exact) mass is 533 g/mol. The van der Waals surface area contributed by atoms with Crippen LogP contribution in [0, 0.1) is 11.8 Å². The number of carbonyl (C=O) groups is 1. The van der Waals surface area contributed by atoms with Crippen LogP contribution < -0.4 is 11.4 Å². The fraction of sp³-hybridized carbons (Fsp3) is 0.370. The number of aryl methyl sites for hydroxylation is 2. The molecule has 39 heavy (non-hydrogen) atoms. The van der Waals surface area contributed by atoms with Crippen LogP contribution >= 0.6 is 0 Å². The van der Waals surface area contributed by atoms with Crippen LogP contribution in [0.5, 0.6) is 5.88 Å². The summed E-state index contributed by atoms with van der Waals surface area (Å²) in [6.07, 6.45) is 5.94. The zero-order chi connectivity index (χ0) is 28.5. The van der Waals surface area contributed by atoms with Crippen molar-refractivity contribution in [2.75, 3.05) is 5.73 Å². The number of pyridine rings is 1. The lowest BCUT2D eigenvalue weighted by Crippen LogP contribution is -2.34. The average Bonchev–Trinajstić information content (AvgIpc) is 3.32. The second-order valence-electron chi connectivity index (χ2n) is 10.6. The van der Waals surface area contributed by atoms with E-state index in [4.69, 9.17) is 10.5 Å². The first-order valence-electron chi connectivity index (χ1n) is 12.3. The third-order valence-electron chi connectivity index (χ3n) is 5.53. The van der Waals surface area contributed by atoms with Gasteiger partial charge in [0.05, 0.1) is 23.6 Å². The molecule has 4 aromatic heterocycles. The summed E-state index contributed by atoms with van der Waals surface area (Å²) < 4.78 is 9.06. The summed E-state index contributed by atoms with van der Waals surface area (Å²) in [4.78, 5) is 37.9. The van der Waals surface area contributed by atoms with E-state index in [0.29, 0.717) is 28.9 Å². The standard InChI is InChI=1S/C27H31N7O5/c1-26(2,3)39-25(37)34-22(35)16-33(24(34)36)12-6-11-32-15-19(20-8-10-29-23(28)31-20)18-13-17(30-14-21(18)32)7-9-27(4,5)38/h8,10,13-16,35,38H,6,11-12H2,1-5H3,(H2,28,29,31). The number of nitrogens with two attached hydrogens (primary N) is 1. The molecule has 4 aromatic rings.